The van der Waals surface area contributed by atoms with Crippen molar-refractivity contribution in [3.8, 4) is 5.75 Å². The molecule has 0 aliphatic carbocycles. The van der Waals surface area contributed by atoms with Crippen LogP contribution in [-0.2, 0) is 11.3 Å². The van der Waals surface area contributed by atoms with Gasteiger partial charge in [0.25, 0.3) is 11.5 Å². The molecule has 0 bridgehead atoms. The second kappa shape index (κ2) is 8.75. The van der Waals surface area contributed by atoms with Crippen molar-refractivity contribution < 1.29 is 9.53 Å². The van der Waals surface area contributed by atoms with Crippen LogP contribution in [0.5, 0.6) is 5.75 Å². The second-order valence-corrected chi connectivity index (χ2v) is 7.52. The Morgan fingerprint density at radius 2 is 1.77 bits per heavy atom. The highest BCUT2D eigenvalue weighted by Gasteiger charge is 2.24. The number of para-hydroxylation sites is 2. The lowest BCUT2D eigenvalue weighted by atomic mass is 10.2. The Hall–Kier alpha value is -3.06. The highest BCUT2D eigenvalue weighted by Crippen LogP contribution is 2.17. The number of rotatable bonds is 5. The predicted octanol–water partition coefficient (Wildman–Crippen LogP) is 2.80. The van der Waals surface area contributed by atoms with E-state index in [0.717, 1.165) is 11.0 Å². The van der Waals surface area contributed by atoms with E-state index in [1.54, 1.807) is 33.7 Å². The molecule has 4 rings (SSSR count). The summed E-state index contributed by atoms with van der Waals surface area (Å²) < 4.78 is 7.30. The molecule has 1 amide bonds. The van der Waals surface area contributed by atoms with Gasteiger partial charge < -0.3 is 19.1 Å². The van der Waals surface area contributed by atoms with Crippen molar-refractivity contribution in [2.24, 2.45) is 0 Å². The molecule has 30 heavy (non-hydrogen) atoms. The molecule has 0 spiro atoms. The molecule has 1 aliphatic heterocycles. The first-order valence-electron chi connectivity index (χ1n) is 9.97. The summed E-state index contributed by atoms with van der Waals surface area (Å²) in [5, 5.41) is 0.620. The summed E-state index contributed by atoms with van der Waals surface area (Å²) in [6, 6.07) is 14.6. The maximum atomic E-state index is 13.0. The number of piperazine rings is 1. The van der Waals surface area contributed by atoms with E-state index < -0.39 is 0 Å². The minimum Gasteiger partial charge on any atom is -0.484 e. The molecule has 0 N–H and O–H groups in total. The number of amides is 1. The summed E-state index contributed by atoms with van der Waals surface area (Å²) in [7, 11) is 0. The van der Waals surface area contributed by atoms with E-state index in [-0.39, 0.29) is 18.1 Å². The lowest BCUT2D eigenvalue weighted by molar-refractivity contribution is -0.133. The molecule has 0 atom stereocenters. The smallest absolute Gasteiger partial charge is 0.293 e. The summed E-state index contributed by atoms with van der Waals surface area (Å²) in [6.45, 7) is 4.64. The summed E-state index contributed by atoms with van der Waals surface area (Å²) >= 11 is 5.86. The molecule has 1 aromatic heterocycles. The monoisotopic (exact) mass is 426 g/mol. The van der Waals surface area contributed by atoms with Crippen LogP contribution in [0.25, 0.3) is 11.0 Å². The highest BCUT2D eigenvalue weighted by molar-refractivity contribution is 6.30. The Morgan fingerprint density at radius 1 is 1.07 bits per heavy atom. The van der Waals surface area contributed by atoms with Crippen molar-refractivity contribution in [3.05, 3.63) is 63.9 Å². The molecule has 1 aliphatic rings. The molecule has 0 unspecified atom stereocenters. The van der Waals surface area contributed by atoms with Crippen molar-refractivity contribution >= 4 is 34.4 Å². The van der Waals surface area contributed by atoms with Crippen LogP contribution >= 0.6 is 11.6 Å². The van der Waals surface area contributed by atoms with Crippen LogP contribution in [0.3, 0.4) is 0 Å². The first-order valence-corrected chi connectivity index (χ1v) is 10.4. The number of carbonyl (C=O) groups excluding carboxylic acids is 1. The molecular formula is C22H23ClN4O3. The van der Waals surface area contributed by atoms with Crippen LogP contribution in [0, 0.1) is 0 Å². The first-order chi connectivity index (χ1) is 14.6. The minimum absolute atomic E-state index is 0.0293. The minimum atomic E-state index is -0.0953. The summed E-state index contributed by atoms with van der Waals surface area (Å²) in [5.74, 6) is 0.967. The molecule has 1 saturated heterocycles. The number of ether oxygens (including phenoxy) is 1. The quantitative estimate of drug-likeness (QED) is 0.627. The third kappa shape index (κ3) is 4.11. The number of aromatic nitrogens is 2. The maximum absolute atomic E-state index is 13.0. The van der Waals surface area contributed by atoms with Gasteiger partial charge in [-0.2, -0.15) is 0 Å². The van der Waals surface area contributed by atoms with Crippen molar-refractivity contribution in [2.75, 3.05) is 37.7 Å². The molecule has 156 valence electrons. The molecule has 7 nitrogen and oxygen atoms in total. The van der Waals surface area contributed by atoms with Crippen molar-refractivity contribution in [3.63, 3.8) is 0 Å². The molecule has 0 saturated carbocycles. The molecular weight excluding hydrogens is 404 g/mol. The predicted molar refractivity (Wildman–Crippen MR) is 117 cm³/mol. The van der Waals surface area contributed by atoms with E-state index in [1.165, 1.54) is 0 Å². The lowest BCUT2D eigenvalue weighted by Gasteiger charge is -2.35. The van der Waals surface area contributed by atoms with E-state index in [0.29, 0.717) is 49.3 Å². The molecule has 3 aromatic rings. The summed E-state index contributed by atoms with van der Waals surface area (Å²) in [4.78, 5) is 33.8. The standard InChI is InChI=1S/C22H23ClN4O3/c1-2-27-19-6-4-3-5-18(19)24-21(22(27)29)26-13-11-25(12-14-26)20(28)15-30-17-9-7-16(23)8-10-17/h3-10H,2,11-15H2,1H3. The number of nitrogens with zero attached hydrogens (tertiary/aromatic N) is 4. The van der Waals surface area contributed by atoms with Crippen LogP contribution < -0.4 is 15.2 Å². The van der Waals surface area contributed by atoms with E-state index in [4.69, 9.17) is 16.3 Å². The van der Waals surface area contributed by atoms with Crippen molar-refractivity contribution in [1.29, 1.82) is 0 Å². The zero-order valence-electron chi connectivity index (χ0n) is 16.8. The van der Waals surface area contributed by atoms with Gasteiger partial charge in [0.2, 0.25) is 0 Å². The van der Waals surface area contributed by atoms with Gasteiger partial charge in [0.05, 0.1) is 11.0 Å². The van der Waals surface area contributed by atoms with E-state index in [9.17, 15) is 9.59 Å². The van der Waals surface area contributed by atoms with Gasteiger partial charge in [0, 0.05) is 37.7 Å². The number of anilines is 1. The van der Waals surface area contributed by atoms with E-state index in [1.807, 2.05) is 36.1 Å². The Bertz CT molecular complexity index is 1110. The Morgan fingerprint density at radius 3 is 2.47 bits per heavy atom. The van der Waals surface area contributed by atoms with Crippen LogP contribution in [0.1, 0.15) is 6.92 Å². The summed E-state index contributed by atoms with van der Waals surface area (Å²) in [6.07, 6.45) is 0. The molecule has 8 heteroatoms. The Balaban J connectivity index is 1.42. The van der Waals surface area contributed by atoms with Gasteiger partial charge in [-0.1, -0.05) is 23.7 Å². The fraction of sp³-hybridized carbons (Fsp3) is 0.318. The normalized spacial score (nSPS) is 14.2. The van der Waals surface area contributed by atoms with Gasteiger partial charge in [-0.3, -0.25) is 9.59 Å². The zero-order chi connectivity index (χ0) is 21.1. The van der Waals surface area contributed by atoms with Crippen molar-refractivity contribution in [2.45, 2.75) is 13.5 Å². The third-order valence-corrected chi connectivity index (χ3v) is 5.51. The number of benzene rings is 2. The van der Waals surface area contributed by atoms with Gasteiger partial charge in [-0.15, -0.1) is 0 Å². The average Bonchev–Trinajstić information content (AvgIpc) is 2.78. The van der Waals surface area contributed by atoms with Gasteiger partial charge in [-0.25, -0.2) is 4.98 Å². The third-order valence-electron chi connectivity index (χ3n) is 5.26. The molecule has 1 fully saturated rings. The Labute approximate surface area is 179 Å². The Kier molecular flexibility index (Phi) is 5.90. The number of hydrogen-bond donors (Lipinski definition) is 0. The lowest BCUT2D eigenvalue weighted by Crippen LogP contribution is -2.51. The second-order valence-electron chi connectivity index (χ2n) is 7.08. The average molecular weight is 427 g/mol. The van der Waals surface area contributed by atoms with Crippen LogP contribution in [0.4, 0.5) is 5.82 Å². The summed E-state index contributed by atoms with van der Waals surface area (Å²) in [5.41, 5.74) is 1.53. The maximum Gasteiger partial charge on any atom is 0.293 e. The molecule has 2 heterocycles. The van der Waals surface area contributed by atoms with Gasteiger partial charge in [0.15, 0.2) is 12.4 Å². The molecule has 0 radical (unpaired) electrons. The van der Waals surface area contributed by atoms with E-state index in [2.05, 4.69) is 4.98 Å². The fourth-order valence-corrected chi connectivity index (χ4v) is 3.76. The topological polar surface area (TPSA) is 67.7 Å². The molecule has 2 aromatic carbocycles. The van der Waals surface area contributed by atoms with Crippen LogP contribution in [-0.4, -0.2) is 53.1 Å². The number of fused-ring (bicyclic) bond motifs is 1. The van der Waals surface area contributed by atoms with Gasteiger partial charge in [-0.05, 0) is 43.3 Å². The van der Waals surface area contributed by atoms with E-state index >= 15 is 0 Å². The van der Waals surface area contributed by atoms with Crippen LogP contribution in [0.2, 0.25) is 5.02 Å². The first kappa shape index (κ1) is 20.2. The number of hydrogen-bond acceptors (Lipinski definition) is 5. The number of halogens is 1. The highest BCUT2D eigenvalue weighted by atomic mass is 35.5. The number of aryl methyl sites for hydroxylation is 1. The number of carbonyl (C=O) groups is 1. The van der Waals surface area contributed by atoms with Gasteiger partial charge in [0.1, 0.15) is 5.75 Å². The largest absolute Gasteiger partial charge is 0.484 e. The van der Waals surface area contributed by atoms with Gasteiger partial charge >= 0.3 is 0 Å². The van der Waals surface area contributed by atoms with Crippen LogP contribution in [0.15, 0.2) is 53.3 Å². The van der Waals surface area contributed by atoms with Crippen molar-refractivity contribution in [1.82, 2.24) is 14.5 Å². The fourth-order valence-electron chi connectivity index (χ4n) is 3.63. The SMILES string of the molecule is CCn1c(=O)c(N2CCN(C(=O)COc3ccc(Cl)cc3)CC2)nc2ccccc21. The zero-order valence-corrected chi connectivity index (χ0v) is 17.5.